The van der Waals surface area contributed by atoms with Crippen LogP contribution in [0.3, 0.4) is 0 Å². The highest BCUT2D eigenvalue weighted by atomic mass is 32.2. The molecule has 4 rings (SSSR count). The van der Waals surface area contributed by atoms with Crippen LogP contribution >= 0.6 is 0 Å². The minimum atomic E-state index is -3.72. The van der Waals surface area contributed by atoms with Gasteiger partial charge in [-0.05, 0) is 43.7 Å². The molecular formula is C24H34N2O7S. The predicted octanol–water partition coefficient (Wildman–Crippen LogP) is 2.49. The van der Waals surface area contributed by atoms with Crippen molar-refractivity contribution in [3.63, 3.8) is 0 Å². The average molecular weight is 495 g/mol. The third-order valence-corrected chi connectivity index (χ3v) is 8.84. The number of piperidine rings is 1. The first kappa shape index (κ1) is 24.8. The topological polar surface area (TPSA) is 111 Å². The van der Waals surface area contributed by atoms with Crippen molar-refractivity contribution >= 4 is 21.9 Å². The molecule has 2 aliphatic heterocycles. The van der Waals surface area contributed by atoms with Crippen molar-refractivity contribution in [2.75, 3.05) is 32.9 Å². The van der Waals surface area contributed by atoms with E-state index in [-0.39, 0.29) is 36.5 Å². The number of sulfonamides is 1. The minimum absolute atomic E-state index is 0.137. The van der Waals surface area contributed by atoms with Crippen molar-refractivity contribution < 1.29 is 32.2 Å². The number of fused-ring (bicyclic) bond motifs is 1. The predicted molar refractivity (Wildman–Crippen MR) is 124 cm³/mol. The minimum Gasteiger partial charge on any atom is -0.490 e. The normalized spacial score (nSPS) is 24.1. The summed E-state index contributed by atoms with van der Waals surface area (Å²) in [5, 5.41) is 2.97. The van der Waals surface area contributed by atoms with Crippen LogP contribution in [0.25, 0.3) is 0 Å². The molecule has 2 unspecified atom stereocenters. The molecule has 0 spiro atoms. The fourth-order valence-electron chi connectivity index (χ4n) is 4.82. The zero-order valence-corrected chi connectivity index (χ0v) is 20.5. The Morgan fingerprint density at radius 3 is 2.47 bits per heavy atom. The quantitative estimate of drug-likeness (QED) is 0.605. The second-order valence-electron chi connectivity index (χ2n) is 9.38. The van der Waals surface area contributed by atoms with Crippen LogP contribution < -0.4 is 14.8 Å². The zero-order chi connectivity index (χ0) is 24.1. The Hall–Kier alpha value is -2.33. The maximum atomic E-state index is 13.1. The van der Waals surface area contributed by atoms with Gasteiger partial charge < -0.3 is 19.5 Å². The molecule has 1 aliphatic carbocycles. The molecule has 1 aromatic rings. The fourth-order valence-corrected chi connectivity index (χ4v) is 6.30. The highest BCUT2D eigenvalue weighted by Crippen LogP contribution is 2.34. The van der Waals surface area contributed by atoms with E-state index in [4.69, 9.17) is 14.2 Å². The third kappa shape index (κ3) is 5.83. The van der Waals surface area contributed by atoms with Gasteiger partial charge in [-0.2, -0.15) is 4.31 Å². The van der Waals surface area contributed by atoms with E-state index in [1.165, 1.54) is 22.9 Å². The number of benzene rings is 1. The van der Waals surface area contributed by atoms with Crippen molar-refractivity contribution in [2.24, 2.45) is 11.8 Å². The van der Waals surface area contributed by atoms with Crippen LogP contribution in [0.2, 0.25) is 0 Å². The van der Waals surface area contributed by atoms with Gasteiger partial charge in [0.1, 0.15) is 0 Å². The molecule has 0 aromatic heterocycles. The van der Waals surface area contributed by atoms with Gasteiger partial charge in [-0.3, -0.25) is 9.59 Å². The molecular weight excluding hydrogens is 460 g/mol. The SMILES string of the molecule is CC1CCCCC1NC(=O)COC(=O)C1CCN(S(=O)(=O)c2ccc3c(c2)OCCCO3)CC1. The number of carbonyl (C=O) groups is 2. The van der Waals surface area contributed by atoms with Gasteiger partial charge >= 0.3 is 5.97 Å². The summed E-state index contributed by atoms with van der Waals surface area (Å²) in [4.78, 5) is 24.8. The molecule has 1 amide bonds. The summed E-state index contributed by atoms with van der Waals surface area (Å²) in [6, 6.07) is 4.78. The summed E-state index contributed by atoms with van der Waals surface area (Å²) < 4.78 is 44.1. The standard InChI is InChI=1S/C24H34N2O7S/c1-17-5-2-3-6-20(17)25-23(27)16-33-24(28)18-9-11-26(12-10-18)34(29,30)19-7-8-21-22(15-19)32-14-4-13-31-21/h7-8,15,17-18,20H,2-6,9-14,16H2,1H3,(H,25,27). The molecule has 2 fully saturated rings. The molecule has 0 radical (unpaired) electrons. The van der Waals surface area contributed by atoms with Gasteiger partial charge in [-0.1, -0.05) is 19.8 Å². The lowest BCUT2D eigenvalue weighted by molar-refractivity contribution is -0.154. The molecule has 188 valence electrons. The summed E-state index contributed by atoms with van der Waals surface area (Å²) >= 11 is 0. The molecule has 1 saturated heterocycles. The molecule has 9 nitrogen and oxygen atoms in total. The summed E-state index contributed by atoms with van der Waals surface area (Å²) in [5.74, 6) is 0.258. The molecule has 1 N–H and O–H groups in total. The maximum Gasteiger partial charge on any atom is 0.309 e. The van der Waals surface area contributed by atoms with E-state index in [0.29, 0.717) is 43.5 Å². The van der Waals surface area contributed by atoms with E-state index in [1.807, 2.05) is 0 Å². The molecule has 10 heteroatoms. The number of hydrogen-bond donors (Lipinski definition) is 1. The van der Waals surface area contributed by atoms with Crippen LogP contribution in [0.1, 0.15) is 51.9 Å². The number of nitrogens with one attached hydrogen (secondary N) is 1. The van der Waals surface area contributed by atoms with Gasteiger partial charge in [0, 0.05) is 31.6 Å². The Morgan fingerprint density at radius 1 is 1.03 bits per heavy atom. The van der Waals surface area contributed by atoms with Crippen LogP contribution in [0, 0.1) is 11.8 Å². The number of ether oxygens (including phenoxy) is 3. The number of nitrogens with zero attached hydrogens (tertiary/aromatic N) is 1. The van der Waals surface area contributed by atoms with Crippen LogP contribution in [0.5, 0.6) is 11.5 Å². The van der Waals surface area contributed by atoms with Crippen molar-refractivity contribution in [3.05, 3.63) is 18.2 Å². The van der Waals surface area contributed by atoms with E-state index >= 15 is 0 Å². The van der Waals surface area contributed by atoms with E-state index in [0.717, 1.165) is 25.7 Å². The van der Waals surface area contributed by atoms with Crippen LogP contribution in [-0.2, 0) is 24.3 Å². The molecule has 2 atom stereocenters. The number of hydrogen-bond acceptors (Lipinski definition) is 7. The lowest BCUT2D eigenvalue weighted by Crippen LogP contribution is -2.44. The lowest BCUT2D eigenvalue weighted by atomic mass is 9.86. The molecule has 3 aliphatic rings. The van der Waals surface area contributed by atoms with Gasteiger partial charge in [0.05, 0.1) is 24.0 Å². The first-order valence-corrected chi connectivity index (χ1v) is 13.6. The highest BCUT2D eigenvalue weighted by Gasteiger charge is 2.34. The molecule has 1 saturated carbocycles. The smallest absolute Gasteiger partial charge is 0.309 e. The monoisotopic (exact) mass is 494 g/mol. The Labute approximate surface area is 201 Å². The Bertz CT molecular complexity index is 989. The fraction of sp³-hybridized carbons (Fsp3) is 0.667. The van der Waals surface area contributed by atoms with Crippen LogP contribution in [0.15, 0.2) is 23.1 Å². The third-order valence-electron chi connectivity index (χ3n) is 6.95. The van der Waals surface area contributed by atoms with Gasteiger partial charge in [0.15, 0.2) is 18.1 Å². The van der Waals surface area contributed by atoms with Crippen molar-refractivity contribution in [2.45, 2.75) is 62.8 Å². The molecule has 34 heavy (non-hydrogen) atoms. The van der Waals surface area contributed by atoms with Crippen LogP contribution in [-0.4, -0.2) is 63.6 Å². The van der Waals surface area contributed by atoms with Crippen molar-refractivity contribution in [3.8, 4) is 11.5 Å². The first-order chi connectivity index (χ1) is 16.3. The average Bonchev–Trinajstić information content (AvgIpc) is 3.09. The molecule has 1 aromatic carbocycles. The summed E-state index contributed by atoms with van der Waals surface area (Å²) in [5.41, 5.74) is 0. The summed E-state index contributed by atoms with van der Waals surface area (Å²) in [7, 11) is -3.72. The van der Waals surface area contributed by atoms with E-state index < -0.39 is 21.9 Å². The van der Waals surface area contributed by atoms with Gasteiger partial charge in [-0.25, -0.2) is 8.42 Å². The van der Waals surface area contributed by atoms with Gasteiger partial charge in [0.2, 0.25) is 10.0 Å². The highest BCUT2D eigenvalue weighted by molar-refractivity contribution is 7.89. The molecule has 0 bridgehead atoms. The summed E-state index contributed by atoms with van der Waals surface area (Å²) in [6.45, 7) is 3.26. The van der Waals surface area contributed by atoms with E-state index in [1.54, 1.807) is 6.07 Å². The second kappa shape index (κ2) is 10.9. The number of amides is 1. The summed E-state index contributed by atoms with van der Waals surface area (Å²) in [6.07, 6.45) is 5.78. The lowest BCUT2D eigenvalue weighted by Gasteiger charge is -2.30. The Balaban J connectivity index is 1.26. The van der Waals surface area contributed by atoms with Crippen molar-refractivity contribution in [1.29, 1.82) is 0 Å². The molecule has 2 heterocycles. The van der Waals surface area contributed by atoms with E-state index in [9.17, 15) is 18.0 Å². The van der Waals surface area contributed by atoms with E-state index in [2.05, 4.69) is 12.2 Å². The van der Waals surface area contributed by atoms with Gasteiger partial charge in [0.25, 0.3) is 5.91 Å². The first-order valence-electron chi connectivity index (χ1n) is 12.2. The zero-order valence-electron chi connectivity index (χ0n) is 19.7. The number of carbonyl (C=O) groups excluding carboxylic acids is 2. The largest absolute Gasteiger partial charge is 0.490 e. The van der Waals surface area contributed by atoms with Gasteiger partial charge in [-0.15, -0.1) is 0 Å². The Morgan fingerprint density at radius 2 is 1.74 bits per heavy atom. The second-order valence-corrected chi connectivity index (χ2v) is 11.3. The Kier molecular flexibility index (Phi) is 7.98. The number of rotatable bonds is 6. The maximum absolute atomic E-state index is 13.1. The van der Waals surface area contributed by atoms with Crippen molar-refractivity contribution in [1.82, 2.24) is 9.62 Å². The van der Waals surface area contributed by atoms with Crippen LogP contribution in [0.4, 0.5) is 0 Å². The number of esters is 1.